The zero-order valence-electron chi connectivity index (χ0n) is 14.2. The summed E-state index contributed by atoms with van der Waals surface area (Å²) in [5.74, 6) is 0.278. The molecule has 1 aromatic carbocycles. The number of carboxylic acid groups (broad SMARTS) is 1. The van der Waals surface area contributed by atoms with Crippen molar-refractivity contribution in [2.45, 2.75) is 69.2 Å². The standard InChI is InChI=1S/C20H27NO3/c22-18(21-20(11-4-12-20)14-19(23)24)13-15-7-9-17(10-8-15)16-5-2-1-3-6-16/h1-3,5-6,15,17H,4,7-14H2,(H,21,22)(H,23,24). The van der Waals surface area contributed by atoms with Crippen LogP contribution in [0, 0.1) is 5.92 Å². The molecule has 0 aromatic heterocycles. The van der Waals surface area contributed by atoms with Crippen molar-refractivity contribution in [3.63, 3.8) is 0 Å². The van der Waals surface area contributed by atoms with E-state index in [1.54, 1.807) is 0 Å². The highest BCUT2D eigenvalue weighted by molar-refractivity contribution is 5.78. The van der Waals surface area contributed by atoms with E-state index in [0.29, 0.717) is 18.3 Å². The molecule has 130 valence electrons. The predicted octanol–water partition coefficient (Wildman–Crippen LogP) is 3.86. The van der Waals surface area contributed by atoms with Crippen molar-refractivity contribution in [2.75, 3.05) is 0 Å². The molecule has 0 unspecified atom stereocenters. The summed E-state index contributed by atoms with van der Waals surface area (Å²) >= 11 is 0. The number of rotatable bonds is 6. The fourth-order valence-corrected chi connectivity index (χ4v) is 4.27. The molecule has 0 saturated heterocycles. The SMILES string of the molecule is O=C(O)CC1(NC(=O)CC2CCC(c3ccccc3)CC2)CCC1. The number of aliphatic carboxylic acids is 1. The van der Waals surface area contributed by atoms with Crippen molar-refractivity contribution in [3.05, 3.63) is 35.9 Å². The third-order valence-electron chi connectivity index (χ3n) is 5.80. The van der Waals surface area contributed by atoms with E-state index in [4.69, 9.17) is 5.11 Å². The van der Waals surface area contributed by atoms with E-state index in [9.17, 15) is 9.59 Å². The number of hydrogen-bond donors (Lipinski definition) is 2. The van der Waals surface area contributed by atoms with E-state index in [-0.39, 0.29) is 12.3 Å². The van der Waals surface area contributed by atoms with Crippen LogP contribution in [0.25, 0.3) is 0 Å². The Balaban J connectivity index is 1.46. The van der Waals surface area contributed by atoms with E-state index in [1.165, 1.54) is 5.56 Å². The molecule has 1 aromatic rings. The molecular weight excluding hydrogens is 302 g/mol. The molecule has 4 nitrogen and oxygen atoms in total. The second kappa shape index (κ2) is 7.37. The second-order valence-electron chi connectivity index (χ2n) is 7.59. The molecule has 1 amide bonds. The largest absolute Gasteiger partial charge is 0.481 e. The average molecular weight is 329 g/mol. The molecule has 2 saturated carbocycles. The van der Waals surface area contributed by atoms with Crippen LogP contribution in [-0.4, -0.2) is 22.5 Å². The smallest absolute Gasteiger partial charge is 0.305 e. The van der Waals surface area contributed by atoms with Crippen LogP contribution in [0.3, 0.4) is 0 Å². The number of amides is 1. The minimum absolute atomic E-state index is 0.0408. The normalized spacial score (nSPS) is 25.5. The van der Waals surface area contributed by atoms with Crippen molar-refractivity contribution >= 4 is 11.9 Å². The fraction of sp³-hybridized carbons (Fsp3) is 0.600. The summed E-state index contributed by atoms with van der Waals surface area (Å²) in [5.41, 5.74) is 0.944. The van der Waals surface area contributed by atoms with Crippen LogP contribution in [0.2, 0.25) is 0 Å². The van der Waals surface area contributed by atoms with Crippen LogP contribution < -0.4 is 5.32 Å². The van der Waals surface area contributed by atoms with Gasteiger partial charge in [-0.25, -0.2) is 0 Å². The first-order chi connectivity index (χ1) is 11.6. The van der Waals surface area contributed by atoms with E-state index in [0.717, 1.165) is 44.9 Å². The first-order valence-corrected chi connectivity index (χ1v) is 9.14. The van der Waals surface area contributed by atoms with Gasteiger partial charge in [-0.15, -0.1) is 0 Å². The van der Waals surface area contributed by atoms with Gasteiger partial charge in [0.2, 0.25) is 5.91 Å². The molecule has 0 bridgehead atoms. The third kappa shape index (κ3) is 4.16. The maximum absolute atomic E-state index is 12.3. The first-order valence-electron chi connectivity index (χ1n) is 9.14. The van der Waals surface area contributed by atoms with Gasteiger partial charge in [0, 0.05) is 6.42 Å². The monoisotopic (exact) mass is 329 g/mol. The Morgan fingerprint density at radius 3 is 2.29 bits per heavy atom. The molecule has 0 atom stereocenters. The topological polar surface area (TPSA) is 66.4 Å². The van der Waals surface area contributed by atoms with E-state index < -0.39 is 11.5 Å². The van der Waals surface area contributed by atoms with Gasteiger partial charge in [0.25, 0.3) is 0 Å². The molecule has 3 rings (SSSR count). The minimum Gasteiger partial charge on any atom is -0.481 e. The van der Waals surface area contributed by atoms with Gasteiger partial charge in [-0.2, -0.15) is 0 Å². The molecule has 2 aliphatic rings. The van der Waals surface area contributed by atoms with Crippen molar-refractivity contribution in [2.24, 2.45) is 5.92 Å². The number of carboxylic acids is 1. The van der Waals surface area contributed by atoms with Crippen LogP contribution in [-0.2, 0) is 9.59 Å². The Kier molecular flexibility index (Phi) is 5.22. The lowest BCUT2D eigenvalue weighted by Crippen LogP contribution is -2.55. The maximum atomic E-state index is 12.3. The van der Waals surface area contributed by atoms with Crippen LogP contribution >= 0.6 is 0 Å². The van der Waals surface area contributed by atoms with Crippen LogP contribution in [0.15, 0.2) is 30.3 Å². The highest BCUT2D eigenvalue weighted by atomic mass is 16.4. The van der Waals surface area contributed by atoms with Crippen LogP contribution in [0.5, 0.6) is 0 Å². The molecule has 0 heterocycles. The lowest BCUT2D eigenvalue weighted by atomic mass is 9.73. The highest BCUT2D eigenvalue weighted by Gasteiger charge is 2.40. The van der Waals surface area contributed by atoms with Crippen molar-refractivity contribution in [3.8, 4) is 0 Å². The summed E-state index contributed by atoms with van der Waals surface area (Å²) in [6.07, 6.45) is 7.65. The van der Waals surface area contributed by atoms with Gasteiger partial charge < -0.3 is 10.4 Å². The lowest BCUT2D eigenvalue weighted by molar-refractivity contribution is -0.140. The van der Waals surface area contributed by atoms with E-state index in [2.05, 4.69) is 29.6 Å². The van der Waals surface area contributed by atoms with Crippen molar-refractivity contribution < 1.29 is 14.7 Å². The molecule has 4 heteroatoms. The highest BCUT2D eigenvalue weighted by Crippen LogP contribution is 2.38. The molecule has 2 fully saturated rings. The van der Waals surface area contributed by atoms with Gasteiger partial charge in [-0.1, -0.05) is 30.3 Å². The summed E-state index contributed by atoms with van der Waals surface area (Å²) < 4.78 is 0. The number of hydrogen-bond acceptors (Lipinski definition) is 2. The molecular formula is C20H27NO3. The summed E-state index contributed by atoms with van der Waals surface area (Å²) in [6.45, 7) is 0. The number of nitrogens with one attached hydrogen (secondary N) is 1. The van der Waals surface area contributed by atoms with Gasteiger partial charge in [0.1, 0.15) is 0 Å². The Hall–Kier alpha value is -1.84. The molecule has 0 aliphatic heterocycles. The molecule has 24 heavy (non-hydrogen) atoms. The molecule has 2 N–H and O–H groups in total. The quantitative estimate of drug-likeness (QED) is 0.833. The Labute approximate surface area is 143 Å². The van der Waals surface area contributed by atoms with Crippen molar-refractivity contribution in [1.82, 2.24) is 5.32 Å². The summed E-state index contributed by atoms with van der Waals surface area (Å²) in [4.78, 5) is 23.3. The maximum Gasteiger partial charge on any atom is 0.305 e. The summed E-state index contributed by atoms with van der Waals surface area (Å²) in [7, 11) is 0. The summed E-state index contributed by atoms with van der Waals surface area (Å²) in [5, 5.41) is 12.1. The predicted molar refractivity (Wildman–Crippen MR) is 92.7 cm³/mol. The van der Waals surface area contributed by atoms with Gasteiger partial charge in [-0.3, -0.25) is 9.59 Å². The number of carbonyl (C=O) groups excluding carboxylic acids is 1. The van der Waals surface area contributed by atoms with Gasteiger partial charge in [0.15, 0.2) is 0 Å². The van der Waals surface area contributed by atoms with Crippen molar-refractivity contribution in [1.29, 1.82) is 0 Å². The van der Waals surface area contributed by atoms with Crippen LogP contribution in [0.1, 0.15) is 69.3 Å². The first kappa shape index (κ1) is 17.0. The van der Waals surface area contributed by atoms with Gasteiger partial charge >= 0.3 is 5.97 Å². The third-order valence-corrected chi connectivity index (χ3v) is 5.80. The lowest BCUT2D eigenvalue weighted by Gasteiger charge is -2.42. The minimum atomic E-state index is -0.821. The molecule has 0 radical (unpaired) electrons. The van der Waals surface area contributed by atoms with Crippen LogP contribution in [0.4, 0.5) is 0 Å². The Morgan fingerprint density at radius 2 is 1.75 bits per heavy atom. The Bertz CT molecular complexity index is 572. The number of benzene rings is 1. The average Bonchev–Trinajstić information content (AvgIpc) is 2.54. The second-order valence-corrected chi connectivity index (χ2v) is 7.59. The van der Waals surface area contributed by atoms with E-state index >= 15 is 0 Å². The molecule has 0 spiro atoms. The molecule has 2 aliphatic carbocycles. The summed E-state index contributed by atoms with van der Waals surface area (Å²) in [6, 6.07) is 10.6. The zero-order valence-corrected chi connectivity index (χ0v) is 14.2. The van der Waals surface area contributed by atoms with Gasteiger partial charge in [-0.05, 0) is 62.3 Å². The van der Waals surface area contributed by atoms with E-state index in [1.807, 2.05) is 6.07 Å². The van der Waals surface area contributed by atoms with Gasteiger partial charge in [0.05, 0.1) is 12.0 Å². The fourth-order valence-electron chi connectivity index (χ4n) is 4.27. The zero-order chi connectivity index (χ0) is 17.0. The Morgan fingerprint density at radius 1 is 1.08 bits per heavy atom. The number of carbonyl (C=O) groups is 2.